The van der Waals surface area contributed by atoms with Gasteiger partial charge in [-0.1, -0.05) is 42.5 Å². The summed E-state index contributed by atoms with van der Waals surface area (Å²) >= 11 is 0. The van der Waals surface area contributed by atoms with Gasteiger partial charge in [0.05, 0.1) is 35.4 Å². The van der Waals surface area contributed by atoms with Gasteiger partial charge in [-0.15, -0.1) is 0 Å². The summed E-state index contributed by atoms with van der Waals surface area (Å²) in [6.07, 6.45) is -4.07. The number of ether oxygens (including phenoxy) is 3. The first-order valence-electron chi connectivity index (χ1n) is 17.3. The number of fused-ring (bicyclic) bond motifs is 6. The number of aromatic nitrogens is 1. The SMILES string of the molecule is O=C(Oc1c(CO)[nH]c2ccc3cc4ccccc4cc3c12)[C@@H]1O[C@@]2(O)[C@H](O)CC[C@@H]3[C@H]4CC[C@H](O)[C@H](Cc5ccc(O)cc5)[C@H]4O[C@@H]1[C@]32O. The van der Waals surface area contributed by atoms with E-state index < -0.39 is 66.3 Å². The van der Waals surface area contributed by atoms with Crippen molar-refractivity contribution in [3.8, 4) is 11.5 Å². The molecule has 10 atom stereocenters. The molecule has 2 aliphatic carbocycles. The number of aliphatic hydroxyl groups excluding tert-OH is 3. The minimum absolute atomic E-state index is 0.0925. The Bertz CT molecular complexity index is 2130. The number of hydrogen-bond donors (Lipinski definition) is 7. The Morgan fingerprint density at radius 3 is 2.44 bits per heavy atom. The number of carbonyl (C=O) groups is 1. The van der Waals surface area contributed by atoms with Crippen molar-refractivity contribution in [2.75, 3.05) is 0 Å². The van der Waals surface area contributed by atoms with Gasteiger partial charge in [-0.25, -0.2) is 4.79 Å². The first kappa shape index (κ1) is 31.9. The number of aromatic hydroxyl groups is 1. The van der Waals surface area contributed by atoms with Crippen LogP contribution >= 0.6 is 0 Å². The van der Waals surface area contributed by atoms with Gasteiger partial charge in [-0.05, 0) is 95.5 Å². The molecule has 260 valence electrons. The average molecular weight is 682 g/mol. The van der Waals surface area contributed by atoms with E-state index in [4.69, 9.17) is 14.2 Å². The third-order valence-corrected chi connectivity index (χ3v) is 12.0. The van der Waals surface area contributed by atoms with Crippen molar-refractivity contribution in [1.82, 2.24) is 4.98 Å². The van der Waals surface area contributed by atoms with Gasteiger partial charge in [0.25, 0.3) is 0 Å². The van der Waals surface area contributed by atoms with Crippen LogP contribution in [0.4, 0.5) is 0 Å². The molecule has 4 aromatic carbocycles. The topological polar surface area (TPSA) is 182 Å². The molecule has 0 amide bonds. The van der Waals surface area contributed by atoms with E-state index in [1.54, 1.807) is 24.3 Å². The Balaban J connectivity index is 1.11. The second-order valence-electron chi connectivity index (χ2n) is 14.5. The van der Waals surface area contributed by atoms with Crippen LogP contribution in [0.3, 0.4) is 0 Å². The first-order chi connectivity index (χ1) is 24.1. The van der Waals surface area contributed by atoms with Gasteiger partial charge in [-0.2, -0.15) is 0 Å². The summed E-state index contributed by atoms with van der Waals surface area (Å²) in [6.45, 7) is -0.465. The highest BCUT2D eigenvalue weighted by molar-refractivity contribution is 6.14. The molecular weight excluding hydrogens is 642 g/mol. The van der Waals surface area contributed by atoms with Crippen molar-refractivity contribution in [2.24, 2.45) is 17.8 Å². The maximum Gasteiger partial charge on any atom is 0.343 e. The van der Waals surface area contributed by atoms with E-state index in [0.717, 1.165) is 27.1 Å². The van der Waals surface area contributed by atoms with Crippen LogP contribution in [0.1, 0.15) is 36.9 Å². The number of aliphatic hydroxyl groups is 5. The summed E-state index contributed by atoms with van der Waals surface area (Å²) in [7, 11) is 0. The van der Waals surface area contributed by atoms with Crippen LogP contribution in [-0.4, -0.2) is 83.5 Å². The number of phenols is 1. The van der Waals surface area contributed by atoms with Crippen LogP contribution < -0.4 is 4.74 Å². The Kier molecular flexibility index (Phi) is 7.32. The molecule has 2 saturated heterocycles. The molecule has 0 spiro atoms. The molecule has 2 aliphatic heterocycles. The quantitative estimate of drug-likeness (QED) is 0.107. The fraction of sp³-hybridized carbons (Fsp3) is 0.410. The number of H-pyrrole nitrogens is 1. The Hall–Kier alpha value is -4.07. The lowest BCUT2D eigenvalue weighted by molar-refractivity contribution is -0.362. The summed E-state index contributed by atoms with van der Waals surface area (Å²) in [5.74, 6) is -4.58. The van der Waals surface area contributed by atoms with E-state index in [0.29, 0.717) is 36.6 Å². The van der Waals surface area contributed by atoms with E-state index in [9.17, 15) is 35.4 Å². The highest BCUT2D eigenvalue weighted by atomic mass is 16.7. The van der Waals surface area contributed by atoms with Crippen molar-refractivity contribution in [3.05, 3.63) is 84.1 Å². The number of benzene rings is 4. The zero-order valence-electron chi connectivity index (χ0n) is 27.1. The van der Waals surface area contributed by atoms with Crippen LogP contribution in [0.2, 0.25) is 0 Å². The van der Waals surface area contributed by atoms with Crippen molar-refractivity contribution >= 4 is 38.4 Å². The zero-order chi connectivity index (χ0) is 34.5. The van der Waals surface area contributed by atoms with Gasteiger partial charge < -0.3 is 49.8 Å². The summed E-state index contributed by atoms with van der Waals surface area (Å²) in [4.78, 5) is 17.5. The van der Waals surface area contributed by atoms with E-state index in [-0.39, 0.29) is 29.5 Å². The Morgan fingerprint density at radius 2 is 1.68 bits per heavy atom. The predicted molar refractivity (Wildman–Crippen MR) is 181 cm³/mol. The average Bonchev–Trinajstić information content (AvgIpc) is 3.59. The minimum atomic E-state index is -2.51. The van der Waals surface area contributed by atoms with E-state index >= 15 is 0 Å². The van der Waals surface area contributed by atoms with Crippen LogP contribution in [0.25, 0.3) is 32.4 Å². The largest absolute Gasteiger partial charge is 0.508 e. The maximum absolute atomic E-state index is 14.3. The molecule has 50 heavy (non-hydrogen) atoms. The second kappa shape index (κ2) is 11.5. The van der Waals surface area contributed by atoms with Crippen LogP contribution in [0.15, 0.2) is 72.8 Å². The number of esters is 1. The number of phenolic OH excluding ortho intramolecular Hbond substituents is 1. The van der Waals surface area contributed by atoms with Gasteiger partial charge in [0, 0.05) is 11.8 Å². The van der Waals surface area contributed by atoms with Gasteiger partial charge >= 0.3 is 5.97 Å². The molecule has 1 aromatic heterocycles. The second-order valence-corrected chi connectivity index (χ2v) is 14.5. The van der Waals surface area contributed by atoms with Crippen molar-refractivity contribution in [2.45, 2.75) is 80.6 Å². The van der Waals surface area contributed by atoms with Gasteiger partial charge in [0.2, 0.25) is 5.79 Å². The molecule has 0 radical (unpaired) electrons. The summed E-state index contributed by atoms with van der Waals surface area (Å²) in [5, 5.41) is 71.3. The number of rotatable bonds is 5. The molecule has 11 nitrogen and oxygen atoms in total. The molecule has 0 bridgehead atoms. The lowest BCUT2D eigenvalue weighted by Gasteiger charge is -2.59. The minimum Gasteiger partial charge on any atom is -0.508 e. The number of carbonyl (C=O) groups excluding carboxylic acids is 1. The highest BCUT2D eigenvalue weighted by Gasteiger charge is 2.78. The third kappa shape index (κ3) is 4.51. The molecule has 2 saturated carbocycles. The number of nitrogens with one attached hydrogen (secondary N) is 1. The van der Waals surface area contributed by atoms with Gasteiger partial charge in [0.1, 0.15) is 18.0 Å². The first-order valence-corrected chi connectivity index (χ1v) is 17.3. The summed E-state index contributed by atoms with van der Waals surface area (Å²) < 4.78 is 18.8. The van der Waals surface area contributed by atoms with E-state index in [2.05, 4.69) is 4.98 Å². The maximum atomic E-state index is 14.3. The molecule has 7 N–H and O–H groups in total. The summed E-state index contributed by atoms with van der Waals surface area (Å²) in [6, 6.07) is 22.5. The van der Waals surface area contributed by atoms with Crippen LogP contribution in [0.5, 0.6) is 11.5 Å². The molecule has 11 heteroatoms. The van der Waals surface area contributed by atoms with Gasteiger partial charge in [-0.3, -0.25) is 0 Å². The normalized spacial score (nSPS) is 34.9. The number of hydrogen-bond acceptors (Lipinski definition) is 10. The van der Waals surface area contributed by atoms with Gasteiger partial charge in [0.15, 0.2) is 17.5 Å². The Morgan fingerprint density at radius 1 is 0.920 bits per heavy atom. The third-order valence-electron chi connectivity index (χ3n) is 12.0. The van der Waals surface area contributed by atoms with E-state index in [1.807, 2.05) is 48.5 Å². The Labute approximate surface area is 286 Å². The molecule has 4 fully saturated rings. The summed E-state index contributed by atoms with van der Waals surface area (Å²) in [5.41, 5.74) is -0.374. The molecule has 0 unspecified atom stereocenters. The van der Waals surface area contributed by atoms with Crippen LogP contribution in [0, 0.1) is 17.8 Å². The van der Waals surface area contributed by atoms with Crippen molar-refractivity contribution in [1.29, 1.82) is 0 Å². The zero-order valence-corrected chi connectivity index (χ0v) is 27.1. The van der Waals surface area contributed by atoms with Crippen molar-refractivity contribution in [3.63, 3.8) is 0 Å². The standard InChI is InChI=1S/C39H39NO10/c41-18-29-34(32-25-17-21-4-2-1-3-20(21)16-22(25)7-12-28(32)40-29)49-37(45)35-36-38(46)27(11-14-31(44)39(38,47)50-35)24-10-13-30(43)26(33(24)48-36)15-19-5-8-23(42)9-6-19/h1-9,12,16-17,24,26-27,30-31,33,35-36,40-44,46-47H,10-11,13-15,18H2/t24-,26+,27-,30+,31-,33+,35-,36+,38-,39+/m1/s1. The molecule has 4 aliphatic rings. The molecular formula is C39H39NO10. The fourth-order valence-corrected chi connectivity index (χ4v) is 9.60. The lowest BCUT2D eigenvalue weighted by Crippen LogP contribution is -2.74. The fourth-order valence-electron chi connectivity index (χ4n) is 9.60. The highest BCUT2D eigenvalue weighted by Crippen LogP contribution is 2.60. The molecule has 3 heterocycles. The van der Waals surface area contributed by atoms with Crippen LogP contribution in [-0.2, 0) is 27.3 Å². The monoisotopic (exact) mass is 681 g/mol. The molecule has 5 aromatic rings. The van der Waals surface area contributed by atoms with E-state index in [1.165, 1.54) is 0 Å². The predicted octanol–water partition coefficient (Wildman–Crippen LogP) is 3.56. The van der Waals surface area contributed by atoms with Crippen molar-refractivity contribution < 1.29 is 49.6 Å². The lowest BCUT2D eigenvalue weighted by atomic mass is 9.56. The smallest absolute Gasteiger partial charge is 0.343 e. The molecule has 9 rings (SSSR count). The number of aromatic amines is 1.